The first-order valence-electron chi connectivity index (χ1n) is 5.70. The topological polar surface area (TPSA) is 65.0 Å². The lowest BCUT2D eigenvalue weighted by molar-refractivity contribution is 0.0199. The highest BCUT2D eigenvalue weighted by molar-refractivity contribution is 5.87. The van der Waals surface area contributed by atoms with Crippen molar-refractivity contribution in [1.29, 1.82) is 0 Å². The van der Waals surface area contributed by atoms with Crippen LogP contribution in [0, 0.1) is 0 Å². The molecule has 0 aromatic heterocycles. The molecule has 1 aromatic carbocycles. The minimum atomic E-state index is -0.931. The summed E-state index contributed by atoms with van der Waals surface area (Å²) in [6, 6.07) is 6.70. The van der Waals surface area contributed by atoms with Crippen LogP contribution >= 0.6 is 0 Å². The molecular weight excluding hydrogens is 236 g/mol. The van der Waals surface area contributed by atoms with Crippen LogP contribution < -0.4 is 0 Å². The van der Waals surface area contributed by atoms with Crippen LogP contribution in [0.15, 0.2) is 24.3 Å². The Hall–Kier alpha value is -1.43. The second-order valence-electron chi connectivity index (χ2n) is 3.66. The lowest BCUT2D eigenvalue weighted by Crippen LogP contribution is -2.08. The Bertz CT molecular complexity index is 364. The summed E-state index contributed by atoms with van der Waals surface area (Å²) in [5, 5.41) is 8.83. The number of rotatable bonds is 9. The first-order chi connectivity index (χ1) is 8.74. The summed E-state index contributed by atoms with van der Waals surface area (Å²) < 4.78 is 15.4. The molecule has 0 atom stereocenters. The molecule has 5 nitrogen and oxygen atoms in total. The summed E-state index contributed by atoms with van der Waals surface area (Å²) in [5.74, 6) is -0.931. The zero-order chi connectivity index (χ0) is 13.2. The van der Waals surface area contributed by atoms with Crippen LogP contribution in [-0.2, 0) is 20.8 Å². The van der Waals surface area contributed by atoms with Gasteiger partial charge in [0.05, 0.1) is 38.6 Å². The van der Waals surface area contributed by atoms with Gasteiger partial charge in [0.1, 0.15) is 0 Å². The summed E-state index contributed by atoms with van der Waals surface area (Å²) in [5.41, 5.74) is 1.11. The maximum absolute atomic E-state index is 10.8. The van der Waals surface area contributed by atoms with Gasteiger partial charge in [-0.1, -0.05) is 12.1 Å². The SMILES string of the molecule is COCCOCCOCc1cccc(C(=O)O)c1. The largest absolute Gasteiger partial charge is 0.478 e. The Morgan fingerprint density at radius 2 is 1.89 bits per heavy atom. The van der Waals surface area contributed by atoms with Crippen LogP contribution in [0.25, 0.3) is 0 Å². The van der Waals surface area contributed by atoms with Crippen molar-refractivity contribution in [3.8, 4) is 0 Å². The van der Waals surface area contributed by atoms with Crippen LogP contribution in [0.1, 0.15) is 15.9 Å². The van der Waals surface area contributed by atoms with E-state index in [1.165, 1.54) is 0 Å². The van der Waals surface area contributed by atoms with E-state index in [2.05, 4.69) is 0 Å². The molecule has 0 fully saturated rings. The highest BCUT2D eigenvalue weighted by Crippen LogP contribution is 2.06. The lowest BCUT2D eigenvalue weighted by Gasteiger charge is -2.06. The molecule has 0 aliphatic rings. The summed E-state index contributed by atoms with van der Waals surface area (Å²) in [6.45, 7) is 2.48. The van der Waals surface area contributed by atoms with E-state index < -0.39 is 5.97 Å². The standard InChI is InChI=1S/C13H18O5/c1-16-5-6-17-7-8-18-10-11-3-2-4-12(9-11)13(14)15/h2-4,9H,5-8,10H2,1H3,(H,14,15). The van der Waals surface area contributed by atoms with Gasteiger partial charge in [0.25, 0.3) is 0 Å². The molecule has 0 aliphatic carbocycles. The maximum atomic E-state index is 10.8. The quantitative estimate of drug-likeness (QED) is 0.677. The van der Waals surface area contributed by atoms with Gasteiger partial charge in [0, 0.05) is 7.11 Å². The van der Waals surface area contributed by atoms with Crippen molar-refractivity contribution in [3.63, 3.8) is 0 Å². The van der Waals surface area contributed by atoms with Gasteiger partial charge in [0.2, 0.25) is 0 Å². The number of carboxylic acid groups (broad SMARTS) is 1. The Labute approximate surface area is 106 Å². The molecule has 0 heterocycles. The van der Waals surface area contributed by atoms with Gasteiger partial charge in [-0.3, -0.25) is 0 Å². The van der Waals surface area contributed by atoms with E-state index in [4.69, 9.17) is 19.3 Å². The predicted octanol–water partition coefficient (Wildman–Crippen LogP) is 1.56. The van der Waals surface area contributed by atoms with Crippen molar-refractivity contribution in [3.05, 3.63) is 35.4 Å². The molecule has 0 unspecified atom stereocenters. The third-order valence-corrected chi connectivity index (χ3v) is 2.25. The number of benzene rings is 1. The van der Waals surface area contributed by atoms with Crippen LogP contribution in [0.2, 0.25) is 0 Å². The van der Waals surface area contributed by atoms with E-state index in [1.54, 1.807) is 25.3 Å². The monoisotopic (exact) mass is 254 g/mol. The Morgan fingerprint density at radius 1 is 1.17 bits per heavy atom. The summed E-state index contributed by atoms with van der Waals surface area (Å²) in [4.78, 5) is 10.8. The van der Waals surface area contributed by atoms with E-state index in [0.29, 0.717) is 33.0 Å². The second kappa shape index (κ2) is 8.63. The van der Waals surface area contributed by atoms with E-state index >= 15 is 0 Å². The zero-order valence-corrected chi connectivity index (χ0v) is 10.4. The summed E-state index contributed by atoms with van der Waals surface area (Å²) >= 11 is 0. The number of ether oxygens (including phenoxy) is 3. The molecule has 0 radical (unpaired) electrons. The van der Waals surface area contributed by atoms with Gasteiger partial charge in [-0.2, -0.15) is 0 Å². The molecule has 100 valence electrons. The van der Waals surface area contributed by atoms with Crippen molar-refractivity contribution in [2.75, 3.05) is 33.5 Å². The van der Waals surface area contributed by atoms with E-state index in [-0.39, 0.29) is 5.56 Å². The number of hydrogen-bond donors (Lipinski definition) is 1. The molecule has 1 rings (SSSR count). The summed E-state index contributed by atoms with van der Waals surface area (Å²) in [7, 11) is 1.62. The molecule has 0 saturated carbocycles. The fraction of sp³-hybridized carbons (Fsp3) is 0.462. The number of hydrogen-bond acceptors (Lipinski definition) is 4. The van der Waals surface area contributed by atoms with Crippen LogP contribution in [-0.4, -0.2) is 44.6 Å². The molecule has 5 heteroatoms. The van der Waals surface area contributed by atoms with Crippen molar-refractivity contribution >= 4 is 5.97 Å². The Morgan fingerprint density at radius 3 is 2.61 bits per heavy atom. The van der Waals surface area contributed by atoms with Gasteiger partial charge < -0.3 is 19.3 Å². The molecule has 0 amide bonds. The molecule has 0 aliphatic heterocycles. The third kappa shape index (κ3) is 5.77. The zero-order valence-electron chi connectivity index (χ0n) is 10.4. The minimum absolute atomic E-state index is 0.271. The van der Waals surface area contributed by atoms with Crippen LogP contribution in [0.4, 0.5) is 0 Å². The van der Waals surface area contributed by atoms with Gasteiger partial charge >= 0.3 is 5.97 Å². The second-order valence-corrected chi connectivity index (χ2v) is 3.66. The number of carboxylic acids is 1. The minimum Gasteiger partial charge on any atom is -0.478 e. The Kier molecular flexibility index (Phi) is 7.01. The van der Waals surface area contributed by atoms with Gasteiger partial charge in [0.15, 0.2) is 0 Å². The maximum Gasteiger partial charge on any atom is 0.335 e. The molecule has 0 saturated heterocycles. The number of aromatic carboxylic acids is 1. The third-order valence-electron chi connectivity index (χ3n) is 2.25. The predicted molar refractivity (Wildman–Crippen MR) is 65.8 cm³/mol. The van der Waals surface area contributed by atoms with Crippen molar-refractivity contribution in [2.24, 2.45) is 0 Å². The smallest absolute Gasteiger partial charge is 0.335 e. The highest BCUT2D eigenvalue weighted by Gasteiger charge is 2.02. The van der Waals surface area contributed by atoms with Crippen LogP contribution in [0.3, 0.4) is 0 Å². The molecule has 0 spiro atoms. The lowest BCUT2D eigenvalue weighted by atomic mass is 10.1. The first kappa shape index (κ1) is 14.6. The van der Waals surface area contributed by atoms with Gasteiger partial charge in [-0.15, -0.1) is 0 Å². The fourth-order valence-electron chi connectivity index (χ4n) is 1.35. The fourth-order valence-corrected chi connectivity index (χ4v) is 1.35. The molecule has 18 heavy (non-hydrogen) atoms. The Balaban J connectivity index is 2.19. The van der Waals surface area contributed by atoms with Crippen molar-refractivity contribution in [2.45, 2.75) is 6.61 Å². The average molecular weight is 254 g/mol. The van der Waals surface area contributed by atoms with Crippen molar-refractivity contribution in [1.82, 2.24) is 0 Å². The van der Waals surface area contributed by atoms with Crippen molar-refractivity contribution < 1.29 is 24.1 Å². The number of methoxy groups -OCH3 is 1. The summed E-state index contributed by atoms with van der Waals surface area (Å²) in [6.07, 6.45) is 0. The van der Waals surface area contributed by atoms with E-state index in [1.807, 2.05) is 6.07 Å². The van der Waals surface area contributed by atoms with E-state index in [9.17, 15) is 4.79 Å². The molecular formula is C13H18O5. The highest BCUT2D eigenvalue weighted by atomic mass is 16.5. The van der Waals surface area contributed by atoms with Gasteiger partial charge in [-0.25, -0.2) is 4.79 Å². The molecule has 1 aromatic rings. The van der Waals surface area contributed by atoms with E-state index in [0.717, 1.165) is 5.56 Å². The van der Waals surface area contributed by atoms with Crippen LogP contribution in [0.5, 0.6) is 0 Å². The first-order valence-corrected chi connectivity index (χ1v) is 5.70. The van der Waals surface area contributed by atoms with Gasteiger partial charge in [-0.05, 0) is 17.7 Å². The molecule has 1 N–H and O–H groups in total. The normalized spacial score (nSPS) is 10.5. The molecule has 0 bridgehead atoms. The number of carbonyl (C=O) groups is 1. The average Bonchev–Trinajstić information content (AvgIpc) is 2.38.